The molecule has 0 unspecified atom stereocenters. The maximum atomic E-state index is 12.7. The summed E-state index contributed by atoms with van der Waals surface area (Å²) >= 11 is 0. The fourth-order valence-electron chi connectivity index (χ4n) is 3.05. The SMILES string of the molecule is Cc1ccc(S(=O)(=O)NC2(CO)CCC(C)CC2)c(C)c1. The average molecular weight is 311 g/mol. The largest absolute Gasteiger partial charge is 0.394 e. The van der Waals surface area contributed by atoms with Crippen LogP contribution in [0.4, 0.5) is 0 Å². The predicted octanol–water partition coefficient (Wildman–Crippen LogP) is 2.52. The molecule has 118 valence electrons. The summed E-state index contributed by atoms with van der Waals surface area (Å²) in [4.78, 5) is 0.305. The maximum Gasteiger partial charge on any atom is 0.241 e. The molecular weight excluding hydrogens is 286 g/mol. The van der Waals surface area contributed by atoms with Crippen molar-refractivity contribution in [2.75, 3.05) is 6.61 Å². The Balaban J connectivity index is 2.27. The van der Waals surface area contributed by atoms with Crippen LogP contribution in [-0.2, 0) is 10.0 Å². The first-order valence-corrected chi connectivity index (χ1v) is 8.98. The fourth-order valence-corrected chi connectivity index (χ4v) is 4.73. The van der Waals surface area contributed by atoms with Crippen LogP contribution >= 0.6 is 0 Å². The summed E-state index contributed by atoms with van der Waals surface area (Å²) in [5.74, 6) is 0.593. The van der Waals surface area contributed by atoms with Gasteiger partial charge in [0.1, 0.15) is 0 Å². The van der Waals surface area contributed by atoms with E-state index in [1.807, 2.05) is 13.0 Å². The first-order valence-electron chi connectivity index (χ1n) is 7.50. The van der Waals surface area contributed by atoms with E-state index in [4.69, 9.17) is 0 Å². The van der Waals surface area contributed by atoms with Gasteiger partial charge in [-0.3, -0.25) is 0 Å². The molecule has 1 fully saturated rings. The van der Waals surface area contributed by atoms with Gasteiger partial charge in [-0.05, 0) is 57.1 Å². The molecule has 5 heteroatoms. The Hall–Kier alpha value is -0.910. The van der Waals surface area contributed by atoms with Crippen molar-refractivity contribution in [1.82, 2.24) is 4.72 Å². The lowest BCUT2D eigenvalue weighted by molar-refractivity contribution is 0.125. The summed E-state index contributed by atoms with van der Waals surface area (Å²) in [6.45, 7) is 5.76. The van der Waals surface area contributed by atoms with E-state index in [9.17, 15) is 13.5 Å². The quantitative estimate of drug-likeness (QED) is 0.898. The first kappa shape index (κ1) is 16.5. The van der Waals surface area contributed by atoms with E-state index in [1.54, 1.807) is 19.1 Å². The maximum absolute atomic E-state index is 12.7. The molecule has 0 aliphatic heterocycles. The van der Waals surface area contributed by atoms with Crippen LogP contribution in [0.3, 0.4) is 0 Å². The Labute approximate surface area is 127 Å². The molecule has 21 heavy (non-hydrogen) atoms. The highest BCUT2D eigenvalue weighted by atomic mass is 32.2. The minimum Gasteiger partial charge on any atom is -0.394 e. The second-order valence-corrected chi connectivity index (χ2v) is 8.15. The Bertz CT molecular complexity index is 602. The summed E-state index contributed by atoms with van der Waals surface area (Å²) in [6, 6.07) is 5.31. The second-order valence-electron chi connectivity index (χ2n) is 6.50. The molecule has 0 amide bonds. The smallest absolute Gasteiger partial charge is 0.241 e. The van der Waals surface area contributed by atoms with E-state index in [-0.39, 0.29) is 6.61 Å². The highest BCUT2D eigenvalue weighted by Gasteiger charge is 2.37. The lowest BCUT2D eigenvalue weighted by atomic mass is 9.78. The van der Waals surface area contributed by atoms with E-state index < -0.39 is 15.6 Å². The van der Waals surface area contributed by atoms with Crippen LogP contribution in [0.2, 0.25) is 0 Å². The molecule has 0 radical (unpaired) electrons. The van der Waals surface area contributed by atoms with Gasteiger partial charge in [0.15, 0.2) is 0 Å². The number of nitrogens with one attached hydrogen (secondary N) is 1. The third-order valence-electron chi connectivity index (χ3n) is 4.50. The normalized spacial score (nSPS) is 26.8. The van der Waals surface area contributed by atoms with Crippen molar-refractivity contribution in [3.8, 4) is 0 Å². The highest BCUT2D eigenvalue weighted by Crippen LogP contribution is 2.33. The van der Waals surface area contributed by atoms with Crippen molar-refractivity contribution >= 4 is 10.0 Å². The number of benzene rings is 1. The number of sulfonamides is 1. The number of hydrogen-bond donors (Lipinski definition) is 2. The number of aryl methyl sites for hydroxylation is 2. The number of rotatable bonds is 4. The zero-order valence-corrected chi connectivity index (χ0v) is 13.8. The molecule has 1 aromatic carbocycles. The van der Waals surface area contributed by atoms with E-state index in [0.717, 1.165) is 24.0 Å². The summed E-state index contributed by atoms with van der Waals surface area (Å²) in [6.07, 6.45) is 3.26. The zero-order chi connectivity index (χ0) is 15.7. The van der Waals surface area contributed by atoms with Crippen LogP contribution in [-0.4, -0.2) is 25.7 Å². The van der Waals surface area contributed by atoms with Crippen LogP contribution in [0, 0.1) is 19.8 Å². The van der Waals surface area contributed by atoms with Crippen molar-refractivity contribution in [3.63, 3.8) is 0 Å². The molecule has 1 saturated carbocycles. The summed E-state index contributed by atoms with van der Waals surface area (Å²) in [7, 11) is -3.61. The molecule has 0 atom stereocenters. The first-order chi connectivity index (χ1) is 9.78. The Morgan fingerprint density at radius 3 is 2.43 bits per heavy atom. The van der Waals surface area contributed by atoms with Crippen LogP contribution in [0.5, 0.6) is 0 Å². The average Bonchev–Trinajstić information content (AvgIpc) is 2.41. The van der Waals surface area contributed by atoms with Crippen molar-refractivity contribution in [2.24, 2.45) is 5.92 Å². The molecular formula is C16H25NO3S. The molecule has 0 bridgehead atoms. The van der Waals surface area contributed by atoms with Crippen molar-refractivity contribution < 1.29 is 13.5 Å². The van der Waals surface area contributed by atoms with E-state index in [2.05, 4.69) is 11.6 Å². The molecule has 4 nitrogen and oxygen atoms in total. The molecule has 1 aliphatic rings. The lowest BCUT2D eigenvalue weighted by Gasteiger charge is -2.38. The lowest BCUT2D eigenvalue weighted by Crippen LogP contribution is -2.53. The summed E-state index contributed by atoms with van der Waals surface area (Å²) < 4.78 is 28.1. The fraction of sp³-hybridized carbons (Fsp3) is 0.625. The molecule has 0 spiro atoms. The van der Waals surface area contributed by atoms with Gasteiger partial charge in [0.25, 0.3) is 0 Å². The molecule has 2 N–H and O–H groups in total. The van der Waals surface area contributed by atoms with Crippen molar-refractivity contribution in [3.05, 3.63) is 29.3 Å². The van der Waals surface area contributed by atoms with Gasteiger partial charge >= 0.3 is 0 Å². The predicted molar refractivity (Wildman–Crippen MR) is 83.7 cm³/mol. The van der Waals surface area contributed by atoms with E-state index in [0.29, 0.717) is 23.7 Å². The highest BCUT2D eigenvalue weighted by molar-refractivity contribution is 7.89. The zero-order valence-electron chi connectivity index (χ0n) is 13.0. The van der Waals surface area contributed by atoms with Crippen LogP contribution in [0.1, 0.15) is 43.7 Å². The minimum atomic E-state index is -3.61. The molecule has 0 aromatic heterocycles. The molecule has 0 heterocycles. The van der Waals surface area contributed by atoms with E-state index >= 15 is 0 Å². The second kappa shape index (κ2) is 6.07. The monoisotopic (exact) mass is 311 g/mol. The molecule has 1 aliphatic carbocycles. The number of aliphatic hydroxyl groups is 1. The third kappa shape index (κ3) is 3.65. The van der Waals surface area contributed by atoms with Gasteiger partial charge in [-0.1, -0.05) is 24.6 Å². The molecule has 1 aromatic rings. The van der Waals surface area contributed by atoms with Gasteiger partial charge in [-0.15, -0.1) is 0 Å². The van der Waals surface area contributed by atoms with Gasteiger partial charge in [-0.25, -0.2) is 13.1 Å². The summed E-state index contributed by atoms with van der Waals surface area (Å²) in [5.41, 5.74) is 1.07. The standard InChI is InChI=1S/C16H25NO3S/c1-12-6-8-16(11-18,9-7-12)17-21(19,20)15-5-4-13(2)10-14(15)3/h4-5,10,12,17-18H,6-9,11H2,1-3H3. The topological polar surface area (TPSA) is 66.4 Å². The minimum absolute atomic E-state index is 0.149. The van der Waals surface area contributed by atoms with Gasteiger partial charge in [0, 0.05) is 0 Å². The van der Waals surface area contributed by atoms with Crippen LogP contribution in [0.25, 0.3) is 0 Å². The third-order valence-corrected chi connectivity index (χ3v) is 6.24. The Morgan fingerprint density at radius 1 is 1.29 bits per heavy atom. The van der Waals surface area contributed by atoms with Crippen LogP contribution < -0.4 is 4.72 Å². The number of hydrogen-bond acceptors (Lipinski definition) is 3. The van der Waals surface area contributed by atoms with Gasteiger partial charge < -0.3 is 5.11 Å². The van der Waals surface area contributed by atoms with Gasteiger partial charge in [0.05, 0.1) is 17.0 Å². The molecule has 2 rings (SSSR count). The van der Waals surface area contributed by atoms with E-state index in [1.165, 1.54) is 0 Å². The van der Waals surface area contributed by atoms with Gasteiger partial charge in [-0.2, -0.15) is 0 Å². The van der Waals surface area contributed by atoms with Crippen molar-refractivity contribution in [2.45, 2.75) is 56.9 Å². The van der Waals surface area contributed by atoms with Crippen molar-refractivity contribution in [1.29, 1.82) is 0 Å². The van der Waals surface area contributed by atoms with Crippen LogP contribution in [0.15, 0.2) is 23.1 Å². The number of aliphatic hydroxyl groups excluding tert-OH is 1. The Morgan fingerprint density at radius 2 is 1.90 bits per heavy atom. The molecule has 0 saturated heterocycles. The van der Waals surface area contributed by atoms with Gasteiger partial charge in [0.2, 0.25) is 10.0 Å². The summed E-state index contributed by atoms with van der Waals surface area (Å²) in [5, 5.41) is 9.72. The Kier molecular flexibility index (Phi) is 4.76.